The topological polar surface area (TPSA) is 35.5 Å². The van der Waals surface area contributed by atoms with Crippen molar-refractivity contribution in [3.05, 3.63) is 0 Å². The number of carbonyl (C=O) groups is 1. The van der Waals surface area contributed by atoms with Crippen LogP contribution in [0, 0.1) is 5.92 Å². The van der Waals surface area contributed by atoms with Gasteiger partial charge in [0.2, 0.25) is 0 Å². The molecular formula is C11H18O3. The number of carbonyl (C=O) groups excluding carboxylic acids is 1. The monoisotopic (exact) mass is 198 g/mol. The highest BCUT2D eigenvalue weighted by Crippen LogP contribution is 2.35. The number of hydrogen-bond acceptors (Lipinski definition) is 3. The molecule has 2 aliphatic heterocycles. The van der Waals surface area contributed by atoms with Gasteiger partial charge in [-0.15, -0.1) is 0 Å². The molecule has 2 fully saturated rings. The SMILES string of the molecule is CC[C@@H]1O[C@H](C)C[C@@H]2OC(=O)CC[C@H]21. The van der Waals surface area contributed by atoms with Gasteiger partial charge in [-0.05, 0) is 19.8 Å². The molecule has 0 unspecified atom stereocenters. The molecule has 2 rings (SSSR count). The molecule has 0 radical (unpaired) electrons. The molecule has 0 aromatic heterocycles. The fourth-order valence-corrected chi connectivity index (χ4v) is 2.61. The fourth-order valence-electron chi connectivity index (χ4n) is 2.61. The molecule has 0 aromatic carbocycles. The van der Waals surface area contributed by atoms with E-state index in [9.17, 15) is 4.79 Å². The Morgan fingerprint density at radius 3 is 3.00 bits per heavy atom. The highest BCUT2D eigenvalue weighted by atomic mass is 16.6. The van der Waals surface area contributed by atoms with E-state index < -0.39 is 0 Å². The van der Waals surface area contributed by atoms with Crippen molar-refractivity contribution in [2.75, 3.05) is 0 Å². The first-order valence-corrected chi connectivity index (χ1v) is 5.55. The van der Waals surface area contributed by atoms with Crippen molar-refractivity contribution in [2.45, 2.75) is 57.8 Å². The average Bonchev–Trinajstić information content (AvgIpc) is 2.15. The summed E-state index contributed by atoms with van der Waals surface area (Å²) in [4.78, 5) is 11.2. The Balaban J connectivity index is 2.07. The first-order chi connectivity index (χ1) is 6.70. The van der Waals surface area contributed by atoms with Crippen LogP contribution in [0.1, 0.15) is 39.5 Å². The molecule has 2 heterocycles. The Bertz CT molecular complexity index is 227. The molecule has 2 saturated heterocycles. The van der Waals surface area contributed by atoms with Crippen LogP contribution in [0.5, 0.6) is 0 Å². The quantitative estimate of drug-likeness (QED) is 0.604. The van der Waals surface area contributed by atoms with E-state index in [0.717, 1.165) is 19.3 Å². The van der Waals surface area contributed by atoms with Crippen LogP contribution >= 0.6 is 0 Å². The number of rotatable bonds is 1. The first kappa shape index (κ1) is 9.97. The van der Waals surface area contributed by atoms with Crippen LogP contribution in [-0.4, -0.2) is 24.3 Å². The molecule has 0 N–H and O–H groups in total. The maximum atomic E-state index is 11.2. The van der Waals surface area contributed by atoms with Gasteiger partial charge in [-0.25, -0.2) is 0 Å². The van der Waals surface area contributed by atoms with E-state index in [-0.39, 0.29) is 24.3 Å². The van der Waals surface area contributed by atoms with Gasteiger partial charge in [0.1, 0.15) is 6.10 Å². The van der Waals surface area contributed by atoms with Gasteiger partial charge in [-0.1, -0.05) is 6.92 Å². The van der Waals surface area contributed by atoms with Crippen LogP contribution in [0.3, 0.4) is 0 Å². The molecule has 0 aromatic rings. The summed E-state index contributed by atoms with van der Waals surface area (Å²) >= 11 is 0. The molecule has 4 atom stereocenters. The Labute approximate surface area is 84.8 Å². The van der Waals surface area contributed by atoms with Gasteiger partial charge in [-0.2, -0.15) is 0 Å². The van der Waals surface area contributed by atoms with Crippen molar-refractivity contribution < 1.29 is 14.3 Å². The van der Waals surface area contributed by atoms with Crippen molar-refractivity contribution in [3.63, 3.8) is 0 Å². The van der Waals surface area contributed by atoms with Gasteiger partial charge >= 0.3 is 5.97 Å². The van der Waals surface area contributed by atoms with Gasteiger partial charge in [0.15, 0.2) is 0 Å². The number of fused-ring (bicyclic) bond motifs is 1. The number of esters is 1. The average molecular weight is 198 g/mol. The molecule has 80 valence electrons. The number of ether oxygens (including phenoxy) is 2. The summed E-state index contributed by atoms with van der Waals surface area (Å²) in [6.45, 7) is 4.19. The summed E-state index contributed by atoms with van der Waals surface area (Å²) in [5.41, 5.74) is 0. The third-order valence-electron chi connectivity index (χ3n) is 3.29. The van der Waals surface area contributed by atoms with Crippen LogP contribution < -0.4 is 0 Å². The Kier molecular flexibility index (Phi) is 2.77. The second-order valence-electron chi connectivity index (χ2n) is 4.36. The van der Waals surface area contributed by atoms with E-state index in [4.69, 9.17) is 9.47 Å². The minimum absolute atomic E-state index is 0.0322. The van der Waals surface area contributed by atoms with Crippen molar-refractivity contribution in [3.8, 4) is 0 Å². The molecule has 14 heavy (non-hydrogen) atoms. The second-order valence-corrected chi connectivity index (χ2v) is 4.36. The minimum atomic E-state index is -0.0322. The van der Waals surface area contributed by atoms with Crippen LogP contribution in [0.2, 0.25) is 0 Å². The maximum absolute atomic E-state index is 11.2. The van der Waals surface area contributed by atoms with E-state index >= 15 is 0 Å². The molecule has 0 amide bonds. The molecular weight excluding hydrogens is 180 g/mol. The zero-order valence-electron chi connectivity index (χ0n) is 8.86. The van der Waals surface area contributed by atoms with Crippen molar-refractivity contribution in [1.82, 2.24) is 0 Å². The number of hydrogen-bond donors (Lipinski definition) is 0. The Hall–Kier alpha value is -0.570. The molecule has 3 nitrogen and oxygen atoms in total. The van der Waals surface area contributed by atoms with Crippen LogP contribution in [0.4, 0.5) is 0 Å². The van der Waals surface area contributed by atoms with E-state index in [1.807, 2.05) is 0 Å². The van der Waals surface area contributed by atoms with E-state index in [2.05, 4.69) is 13.8 Å². The first-order valence-electron chi connectivity index (χ1n) is 5.55. The minimum Gasteiger partial charge on any atom is -0.462 e. The molecule has 2 aliphatic rings. The van der Waals surface area contributed by atoms with Crippen molar-refractivity contribution in [1.29, 1.82) is 0 Å². The zero-order valence-corrected chi connectivity index (χ0v) is 8.86. The van der Waals surface area contributed by atoms with Gasteiger partial charge < -0.3 is 9.47 Å². The summed E-state index contributed by atoms with van der Waals surface area (Å²) in [7, 11) is 0. The largest absolute Gasteiger partial charge is 0.462 e. The summed E-state index contributed by atoms with van der Waals surface area (Å²) in [5.74, 6) is 0.407. The fraction of sp³-hybridized carbons (Fsp3) is 0.909. The predicted molar refractivity (Wildman–Crippen MR) is 51.8 cm³/mol. The molecule has 3 heteroatoms. The molecule has 0 spiro atoms. The Morgan fingerprint density at radius 1 is 1.50 bits per heavy atom. The molecule has 0 aliphatic carbocycles. The normalized spacial score (nSPS) is 42.9. The van der Waals surface area contributed by atoms with Crippen molar-refractivity contribution in [2.24, 2.45) is 5.92 Å². The lowest BCUT2D eigenvalue weighted by Crippen LogP contribution is -2.47. The summed E-state index contributed by atoms with van der Waals surface area (Å²) in [6, 6.07) is 0. The summed E-state index contributed by atoms with van der Waals surface area (Å²) < 4.78 is 11.2. The van der Waals surface area contributed by atoms with E-state index in [0.29, 0.717) is 12.3 Å². The molecule has 0 saturated carbocycles. The van der Waals surface area contributed by atoms with Gasteiger partial charge in [0.25, 0.3) is 0 Å². The van der Waals surface area contributed by atoms with Crippen LogP contribution in [0.15, 0.2) is 0 Å². The Morgan fingerprint density at radius 2 is 2.29 bits per heavy atom. The lowest BCUT2D eigenvalue weighted by molar-refractivity contribution is -0.186. The van der Waals surface area contributed by atoms with Gasteiger partial charge in [0, 0.05) is 18.8 Å². The molecule has 0 bridgehead atoms. The summed E-state index contributed by atoms with van der Waals surface area (Å²) in [6.07, 6.45) is 4.02. The van der Waals surface area contributed by atoms with Gasteiger partial charge in [-0.3, -0.25) is 4.79 Å². The highest BCUT2D eigenvalue weighted by molar-refractivity contribution is 5.70. The van der Waals surface area contributed by atoms with Crippen molar-refractivity contribution >= 4 is 5.97 Å². The van der Waals surface area contributed by atoms with E-state index in [1.165, 1.54) is 0 Å². The second kappa shape index (κ2) is 3.89. The predicted octanol–water partition coefficient (Wildman–Crippen LogP) is 1.90. The third-order valence-corrected chi connectivity index (χ3v) is 3.29. The third kappa shape index (κ3) is 1.78. The van der Waals surface area contributed by atoms with Crippen LogP contribution in [0.25, 0.3) is 0 Å². The van der Waals surface area contributed by atoms with Gasteiger partial charge in [0.05, 0.1) is 12.2 Å². The van der Waals surface area contributed by atoms with E-state index in [1.54, 1.807) is 0 Å². The lowest BCUT2D eigenvalue weighted by atomic mass is 9.82. The standard InChI is InChI=1S/C11H18O3/c1-3-9-8-4-5-11(12)14-10(8)6-7(2)13-9/h7-10H,3-6H2,1-2H3/t7-,8+,9+,10+/m1/s1. The lowest BCUT2D eigenvalue weighted by Gasteiger charge is -2.42. The maximum Gasteiger partial charge on any atom is 0.306 e. The van der Waals surface area contributed by atoms with Crippen LogP contribution in [-0.2, 0) is 14.3 Å². The smallest absolute Gasteiger partial charge is 0.306 e. The zero-order chi connectivity index (χ0) is 10.1. The summed E-state index contributed by atoms with van der Waals surface area (Å²) in [5, 5.41) is 0. The highest BCUT2D eigenvalue weighted by Gasteiger charge is 2.41.